The van der Waals surface area contributed by atoms with Crippen LogP contribution < -0.4 is 15.1 Å². The van der Waals surface area contributed by atoms with Gasteiger partial charge in [-0.05, 0) is 24.3 Å². The lowest BCUT2D eigenvalue weighted by Gasteiger charge is -2.49. The molecular formula is C21H17ClF2N4O2. The van der Waals surface area contributed by atoms with Crippen LogP contribution >= 0.6 is 11.6 Å². The molecule has 0 spiro atoms. The van der Waals surface area contributed by atoms with Gasteiger partial charge in [-0.3, -0.25) is 9.78 Å². The largest absolute Gasteiger partial charge is 0.507 e. The monoisotopic (exact) mass is 430 g/mol. The molecule has 0 aliphatic carbocycles. The number of anilines is 2. The fourth-order valence-corrected chi connectivity index (χ4v) is 4.65. The first-order valence-electron chi connectivity index (χ1n) is 9.40. The highest BCUT2D eigenvalue weighted by Gasteiger charge is 2.45. The van der Waals surface area contributed by atoms with Gasteiger partial charge < -0.3 is 20.2 Å². The van der Waals surface area contributed by atoms with E-state index in [9.17, 15) is 18.7 Å². The first-order chi connectivity index (χ1) is 14.4. The molecule has 2 aromatic carbocycles. The van der Waals surface area contributed by atoms with Gasteiger partial charge in [0.2, 0.25) is 0 Å². The van der Waals surface area contributed by atoms with Crippen LogP contribution in [0, 0.1) is 11.6 Å². The average Bonchev–Trinajstić information content (AvgIpc) is 2.71. The lowest BCUT2D eigenvalue weighted by atomic mass is 9.93. The zero-order valence-corrected chi connectivity index (χ0v) is 16.6. The third-order valence-corrected chi connectivity index (χ3v) is 6.01. The number of phenolic OH excluding ortho intramolecular Hbond substituents is 1. The van der Waals surface area contributed by atoms with Gasteiger partial charge in [0.15, 0.2) is 5.82 Å². The summed E-state index contributed by atoms with van der Waals surface area (Å²) in [4.78, 5) is 20.5. The molecule has 1 saturated heterocycles. The number of nitrogens with zero attached hydrogens (tertiary/aromatic N) is 3. The van der Waals surface area contributed by atoms with Crippen molar-refractivity contribution in [2.75, 3.05) is 29.9 Å². The number of fused-ring (bicyclic) bond motifs is 5. The Morgan fingerprint density at radius 1 is 1.20 bits per heavy atom. The number of rotatable bonds is 1. The predicted octanol–water partition coefficient (Wildman–Crippen LogP) is 3.37. The van der Waals surface area contributed by atoms with Crippen molar-refractivity contribution in [1.82, 2.24) is 10.3 Å². The zero-order chi connectivity index (χ0) is 21.2. The number of nitrogens with one attached hydrogen (secondary N) is 1. The minimum Gasteiger partial charge on any atom is -0.507 e. The molecule has 0 bridgehead atoms. The number of piperazine rings is 1. The molecule has 154 valence electrons. The highest BCUT2D eigenvalue weighted by Crippen LogP contribution is 2.47. The normalized spacial score (nSPS) is 21.0. The summed E-state index contributed by atoms with van der Waals surface area (Å²) in [6, 6.07) is 5.48. The fourth-order valence-electron chi connectivity index (χ4n) is 4.45. The minimum absolute atomic E-state index is 0.0745. The number of amides is 1. The number of likely N-dealkylation sites (N-methyl/N-ethyl adjacent to an activating group) is 1. The van der Waals surface area contributed by atoms with Gasteiger partial charge in [0.05, 0.1) is 29.2 Å². The SMILES string of the molecule is CN1C(=O)[C@H]2CNCC(c3c(O)cccc3F)N2c2c1cnc1c(F)cc(Cl)cc21. The Balaban J connectivity index is 1.83. The van der Waals surface area contributed by atoms with Gasteiger partial charge >= 0.3 is 0 Å². The standard InChI is InChI=1S/C21H17ClF2N4O2/c1-27-15-9-26-19-11(5-10(22)6-13(19)24)20(15)28-14(7-25-8-16(28)21(27)30)18-12(23)3-2-4-17(18)29/h2-6,9,14,16,25,29H,7-8H2,1H3/t14?,16-/m1/s1. The number of aromatic hydroxyl groups is 1. The summed E-state index contributed by atoms with van der Waals surface area (Å²) in [5, 5.41) is 14.2. The number of halogens is 3. The molecule has 30 heavy (non-hydrogen) atoms. The van der Waals surface area contributed by atoms with E-state index in [-0.39, 0.29) is 34.3 Å². The quantitative estimate of drug-likeness (QED) is 0.619. The Labute approximate surface area is 175 Å². The summed E-state index contributed by atoms with van der Waals surface area (Å²) in [5.41, 5.74) is 1.18. The van der Waals surface area contributed by atoms with Gasteiger partial charge in [-0.2, -0.15) is 0 Å². The van der Waals surface area contributed by atoms with Gasteiger partial charge in [-0.1, -0.05) is 17.7 Å². The van der Waals surface area contributed by atoms with Crippen LogP contribution in [-0.2, 0) is 4.79 Å². The maximum atomic E-state index is 14.8. The van der Waals surface area contributed by atoms with Crippen LogP contribution in [0.4, 0.5) is 20.2 Å². The molecule has 2 N–H and O–H groups in total. The molecule has 0 saturated carbocycles. The van der Waals surface area contributed by atoms with E-state index < -0.39 is 23.7 Å². The van der Waals surface area contributed by atoms with Crippen molar-refractivity contribution in [2.45, 2.75) is 12.1 Å². The molecule has 0 radical (unpaired) electrons. The first-order valence-corrected chi connectivity index (χ1v) is 9.78. The fraction of sp³-hybridized carbons (Fsp3) is 0.238. The van der Waals surface area contributed by atoms with Crippen molar-refractivity contribution in [3.8, 4) is 5.75 Å². The number of benzene rings is 2. The number of carbonyl (C=O) groups excluding carboxylic acids is 1. The summed E-state index contributed by atoms with van der Waals surface area (Å²) < 4.78 is 29.4. The number of pyridine rings is 1. The Morgan fingerprint density at radius 2 is 1.97 bits per heavy atom. The van der Waals surface area contributed by atoms with Gasteiger partial charge in [0.1, 0.15) is 23.1 Å². The van der Waals surface area contributed by atoms with E-state index in [0.717, 1.165) is 0 Å². The highest BCUT2D eigenvalue weighted by molar-refractivity contribution is 6.31. The summed E-state index contributed by atoms with van der Waals surface area (Å²) in [7, 11) is 1.62. The second kappa shape index (κ2) is 6.78. The zero-order valence-electron chi connectivity index (χ0n) is 15.9. The van der Waals surface area contributed by atoms with Crippen LogP contribution in [-0.4, -0.2) is 42.2 Å². The molecule has 6 nitrogen and oxygen atoms in total. The summed E-state index contributed by atoms with van der Waals surface area (Å²) in [5.74, 6) is -1.59. The molecule has 5 rings (SSSR count). The molecule has 3 heterocycles. The maximum Gasteiger partial charge on any atom is 0.250 e. The molecular weight excluding hydrogens is 414 g/mol. The molecule has 1 aromatic heterocycles. The molecule has 2 aliphatic heterocycles. The van der Waals surface area contributed by atoms with Crippen molar-refractivity contribution in [3.05, 3.63) is 58.7 Å². The maximum absolute atomic E-state index is 14.8. The van der Waals surface area contributed by atoms with Gasteiger partial charge in [0, 0.05) is 30.5 Å². The molecule has 3 aromatic rings. The third-order valence-electron chi connectivity index (χ3n) is 5.79. The second-order valence-electron chi connectivity index (χ2n) is 7.44. The summed E-state index contributed by atoms with van der Waals surface area (Å²) in [6.07, 6.45) is 1.43. The summed E-state index contributed by atoms with van der Waals surface area (Å²) >= 11 is 6.13. The van der Waals surface area contributed by atoms with Crippen molar-refractivity contribution in [1.29, 1.82) is 0 Å². The summed E-state index contributed by atoms with van der Waals surface area (Å²) in [6.45, 7) is 0.607. The number of hydrogen-bond donors (Lipinski definition) is 2. The molecule has 1 unspecified atom stereocenters. The van der Waals surface area contributed by atoms with Crippen LogP contribution in [0.2, 0.25) is 5.02 Å². The Morgan fingerprint density at radius 3 is 2.73 bits per heavy atom. The lowest BCUT2D eigenvalue weighted by molar-refractivity contribution is -0.120. The van der Waals surface area contributed by atoms with Crippen molar-refractivity contribution in [3.63, 3.8) is 0 Å². The predicted molar refractivity (Wildman–Crippen MR) is 110 cm³/mol. The molecule has 1 amide bonds. The van der Waals surface area contributed by atoms with Crippen molar-refractivity contribution < 1.29 is 18.7 Å². The van der Waals surface area contributed by atoms with Crippen LogP contribution in [0.25, 0.3) is 10.9 Å². The Kier molecular flexibility index (Phi) is 4.30. The van der Waals surface area contributed by atoms with Crippen molar-refractivity contribution in [2.24, 2.45) is 0 Å². The average molecular weight is 431 g/mol. The number of aromatic nitrogens is 1. The first kappa shape index (κ1) is 19.0. The van der Waals surface area contributed by atoms with E-state index in [1.807, 2.05) is 0 Å². The van der Waals surface area contributed by atoms with Crippen LogP contribution in [0.5, 0.6) is 5.75 Å². The number of phenols is 1. The smallest absolute Gasteiger partial charge is 0.250 e. The molecule has 2 atom stereocenters. The van der Waals surface area contributed by atoms with Crippen molar-refractivity contribution >= 4 is 39.8 Å². The molecule has 9 heteroatoms. The van der Waals surface area contributed by atoms with Crippen LogP contribution in [0.3, 0.4) is 0 Å². The minimum atomic E-state index is -0.700. The van der Waals surface area contributed by atoms with E-state index in [0.29, 0.717) is 23.3 Å². The molecule has 1 fully saturated rings. The van der Waals surface area contributed by atoms with Gasteiger partial charge in [-0.25, -0.2) is 8.78 Å². The van der Waals surface area contributed by atoms with E-state index >= 15 is 0 Å². The van der Waals surface area contributed by atoms with Gasteiger partial charge in [0.25, 0.3) is 5.91 Å². The second-order valence-corrected chi connectivity index (χ2v) is 7.88. The van der Waals surface area contributed by atoms with E-state index in [1.165, 1.54) is 35.4 Å². The Hall–Kier alpha value is -2.97. The Bertz CT molecular complexity index is 1190. The lowest BCUT2D eigenvalue weighted by Crippen LogP contribution is -2.62. The third kappa shape index (κ3) is 2.64. The number of carbonyl (C=O) groups is 1. The van der Waals surface area contributed by atoms with Gasteiger partial charge in [-0.15, -0.1) is 0 Å². The van der Waals surface area contributed by atoms with Crippen LogP contribution in [0.15, 0.2) is 36.5 Å². The van der Waals surface area contributed by atoms with E-state index in [4.69, 9.17) is 11.6 Å². The van der Waals surface area contributed by atoms with E-state index in [2.05, 4.69) is 10.3 Å². The van der Waals surface area contributed by atoms with Crippen LogP contribution in [0.1, 0.15) is 11.6 Å². The highest BCUT2D eigenvalue weighted by atomic mass is 35.5. The topological polar surface area (TPSA) is 68.7 Å². The molecule has 2 aliphatic rings. The number of hydrogen-bond acceptors (Lipinski definition) is 5. The van der Waals surface area contributed by atoms with E-state index in [1.54, 1.807) is 18.0 Å².